The van der Waals surface area contributed by atoms with E-state index in [9.17, 15) is 5.11 Å². The molecule has 0 aliphatic carbocycles. The molecule has 3 rings (SSSR count). The highest BCUT2D eigenvalue weighted by molar-refractivity contribution is 7.09. The third kappa shape index (κ3) is 1.91. The van der Waals surface area contributed by atoms with Gasteiger partial charge in [0.25, 0.3) is 0 Å². The fraction of sp³-hybridized carbons (Fsp3) is 0.0833. The second kappa shape index (κ2) is 4.19. The highest BCUT2D eigenvalue weighted by atomic mass is 35.5. The first-order valence-electron chi connectivity index (χ1n) is 5.22. The summed E-state index contributed by atoms with van der Waals surface area (Å²) in [7, 11) is 0. The summed E-state index contributed by atoms with van der Waals surface area (Å²) in [6.45, 7) is 1.93. The van der Waals surface area contributed by atoms with Gasteiger partial charge in [0.15, 0.2) is 5.82 Å². The molecule has 0 spiro atoms. The summed E-state index contributed by atoms with van der Waals surface area (Å²) in [4.78, 5) is 12.9. The summed E-state index contributed by atoms with van der Waals surface area (Å²) in [5.41, 5.74) is 1.41. The van der Waals surface area contributed by atoms with Crippen molar-refractivity contribution in [3.8, 4) is 17.3 Å². The van der Waals surface area contributed by atoms with Gasteiger partial charge in [0, 0.05) is 10.8 Å². The quantitative estimate of drug-likeness (QED) is 0.693. The van der Waals surface area contributed by atoms with Gasteiger partial charge in [-0.1, -0.05) is 11.6 Å². The summed E-state index contributed by atoms with van der Waals surface area (Å²) < 4.78 is 0. The van der Waals surface area contributed by atoms with Gasteiger partial charge in [0.05, 0.1) is 10.5 Å². The van der Waals surface area contributed by atoms with E-state index in [-0.39, 0.29) is 5.75 Å². The van der Waals surface area contributed by atoms with Crippen molar-refractivity contribution in [1.82, 2.24) is 15.0 Å². The maximum atomic E-state index is 9.42. The molecular formula is C12H8ClN3OS. The van der Waals surface area contributed by atoms with Crippen molar-refractivity contribution in [2.75, 3.05) is 0 Å². The maximum Gasteiger partial charge on any atom is 0.181 e. The Balaban J connectivity index is 2.24. The SMILES string of the molecule is Cc1nc(-c2nc(Cl)c3cc(O)ccc3n2)cs1. The van der Waals surface area contributed by atoms with Gasteiger partial charge in [-0.25, -0.2) is 15.0 Å². The zero-order valence-electron chi connectivity index (χ0n) is 9.38. The van der Waals surface area contributed by atoms with Crippen LogP contribution in [0.2, 0.25) is 5.15 Å². The molecule has 90 valence electrons. The van der Waals surface area contributed by atoms with Crippen LogP contribution in [0.1, 0.15) is 5.01 Å². The Morgan fingerprint density at radius 2 is 2.06 bits per heavy atom. The van der Waals surface area contributed by atoms with Crippen LogP contribution >= 0.6 is 22.9 Å². The van der Waals surface area contributed by atoms with Crippen molar-refractivity contribution < 1.29 is 5.11 Å². The van der Waals surface area contributed by atoms with Crippen molar-refractivity contribution in [3.05, 3.63) is 33.7 Å². The molecule has 0 saturated heterocycles. The van der Waals surface area contributed by atoms with Crippen LogP contribution in [-0.2, 0) is 0 Å². The van der Waals surface area contributed by atoms with E-state index in [0.717, 1.165) is 10.7 Å². The molecule has 0 radical (unpaired) electrons. The lowest BCUT2D eigenvalue weighted by atomic mass is 10.2. The topological polar surface area (TPSA) is 58.9 Å². The molecule has 3 aromatic rings. The van der Waals surface area contributed by atoms with E-state index in [4.69, 9.17) is 11.6 Å². The first kappa shape index (κ1) is 11.4. The lowest BCUT2D eigenvalue weighted by Crippen LogP contribution is -1.92. The van der Waals surface area contributed by atoms with Crippen molar-refractivity contribution in [2.45, 2.75) is 6.92 Å². The van der Waals surface area contributed by atoms with Crippen LogP contribution in [0.3, 0.4) is 0 Å². The molecule has 0 aliphatic heterocycles. The van der Waals surface area contributed by atoms with Gasteiger partial charge >= 0.3 is 0 Å². The lowest BCUT2D eigenvalue weighted by Gasteiger charge is -2.02. The summed E-state index contributed by atoms with van der Waals surface area (Å²) in [6.07, 6.45) is 0. The highest BCUT2D eigenvalue weighted by Crippen LogP contribution is 2.27. The number of thiazole rings is 1. The minimum atomic E-state index is 0.144. The van der Waals surface area contributed by atoms with E-state index >= 15 is 0 Å². The third-order valence-corrected chi connectivity index (χ3v) is 3.54. The first-order valence-corrected chi connectivity index (χ1v) is 6.48. The molecule has 4 nitrogen and oxygen atoms in total. The number of hydrogen-bond donors (Lipinski definition) is 1. The second-order valence-electron chi connectivity index (χ2n) is 3.79. The molecule has 0 aliphatic rings. The summed E-state index contributed by atoms with van der Waals surface area (Å²) >= 11 is 7.64. The predicted molar refractivity (Wildman–Crippen MR) is 72.1 cm³/mol. The van der Waals surface area contributed by atoms with E-state index in [1.807, 2.05) is 12.3 Å². The molecule has 0 bridgehead atoms. The summed E-state index contributed by atoms with van der Waals surface area (Å²) in [6, 6.07) is 4.83. The van der Waals surface area contributed by atoms with Gasteiger partial charge in [-0.2, -0.15) is 0 Å². The number of phenolic OH excluding ortho intramolecular Hbond substituents is 1. The Labute approximate surface area is 112 Å². The van der Waals surface area contributed by atoms with Crippen molar-refractivity contribution in [2.24, 2.45) is 0 Å². The van der Waals surface area contributed by atoms with E-state index in [0.29, 0.717) is 21.9 Å². The van der Waals surface area contributed by atoms with Crippen LogP contribution in [0.25, 0.3) is 22.4 Å². The number of aryl methyl sites for hydroxylation is 1. The van der Waals surface area contributed by atoms with E-state index in [1.54, 1.807) is 18.2 Å². The number of benzene rings is 1. The molecule has 6 heteroatoms. The Hall–Kier alpha value is -1.72. The summed E-state index contributed by atoms with van der Waals surface area (Å²) in [5.74, 6) is 0.646. The van der Waals surface area contributed by atoms with Gasteiger partial charge < -0.3 is 5.11 Å². The Kier molecular flexibility index (Phi) is 2.65. The first-order chi connectivity index (χ1) is 8.63. The van der Waals surface area contributed by atoms with E-state index < -0.39 is 0 Å². The minimum absolute atomic E-state index is 0.144. The lowest BCUT2D eigenvalue weighted by molar-refractivity contribution is 0.476. The number of aromatic hydroxyl groups is 1. The average Bonchev–Trinajstić information content (AvgIpc) is 2.77. The zero-order valence-corrected chi connectivity index (χ0v) is 11.0. The normalized spacial score (nSPS) is 11.0. The van der Waals surface area contributed by atoms with Crippen molar-refractivity contribution in [3.63, 3.8) is 0 Å². The van der Waals surface area contributed by atoms with Crippen molar-refractivity contribution in [1.29, 1.82) is 0 Å². The fourth-order valence-corrected chi connectivity index (χ4v) is 2.48. The van der Waals surface area contributed by atoms with E-state index in [1.165, 1.54) is 11.3 Å². The number of fused-ring (bicyclic) bond motifs is 1. The number of aromatic nitrogens is 3. The Morgan fingerprint density at radius 3 is 2.78 bits per heavy atom. The molecule has 1 aromatic carbocycles. The molecule has 0 atom stereocenters. The zero-order chi connectivity index (χ0) is 12.7. The molecule has 18 heavy (non-hydrogen) atoms. The Bertz CT molecular complexity index is 741. The van der Waals surface area contributed by atoms with Crippen molar-refractivity contribution >= 4 is 33.8 Å². The fourth-order valence-electron chi connectivity index (χ4n) is 1.66. The van der Waals surface area contributed by atoms with Crippen LogP contribution in [-0.4, -0.2) is 20.1 Å². The van der Waals surface area contributed by atoms with Crippen LogP contribution < -0.4 is 0 Å². The second-order valence-corrected chi connectivity index (χ2v) is 5.21. The highest BCUT2D eigenvalue weighted by Gasteiger charge is 2.10. The van der Waals surface area contributed by atoms with Crippen LogP contribution in [0.4, 0.5) is 0 Å². The van der Waals surface area contributed by atoms with Gasteiger partial charge in [-0.15, -0.1) is 11.3 Å². The summed E-state index contributed by atoms with van der Waals surface area (Å²) in [5, 5.41) is 13.2. The standard InChI is InChI=1S/C12H8ClN3OS/c1-6-14-10(5-18-6)12-15-9-3-2-7(17)4-8(9)11(13)16-12/h2-5,17H,1H3. The monoisotopic (exact) mass is 277 g/mol. The van der Waals surface area contributed by atoms with E-state index in [2.05, 4.69) is 15.0 Å². The smallest absolute Gasteiger partial charge is 0.181 e. The molecule has 0 unspecified atom stereocenters. The Morgan fingerprint density at radius 1 is 1.22 bits per heavy atom. The molecule has 2 heterocycles. The maximum absolute atomic E-state index is 9.42. The third-order valence-electron chi connectivity index (χ3n) is 2.48. The largest absolute Gasteiger partial charge is 0.508 e. The number of hydrogen-bond acceptors (Lipinski definition) is 5. The van der Waals surface area contributed by atoms with Crippen LogP contribution in [0.5, 0.6) is 5.75 Å². The molecule has 2 aromatic heterocycles. The number of nitrogens with zero attached hydrogens (tertiary/aromatic N) is 3. The van der Waals surface area contributed by atoms with Gasteiger partial charge in [-0.05, 0) is 25.1 Å². The van der Waals surface area contributed by atoms with Crippen LogP contribution in [0, 0.1) is 6.92 Å². The number of halogens is 1. The molecular weight excluding hydrogens is 270 g/mol. The minimum Gasteiger partial charge on any atom is -0.508 e. The molecule has 0 fully saturated rings. The van der Waals surface area contributed by atoms with Crippen LogP contribution in [0.15, 0.2) is 23.6 Å². The van der Waals surface area contributed by atoms with Gasteiger partial charge in [0.1, 0.15) is 16.6 Å². The number of phenols is 1. The molecule has 0 amide bonds. The predicted octanol–water partition coefficient (Wildman–Crippen LogP) is 3.42. The van der Waals surface area contributed by atoms with Gasteiger partial charge in [0.2, 0.25) is 0 Å². The number of rotatable bonds is 1. The average molecular weight is 278 g/mol. The molecule has 0 saturated carbocycles. The van der Waals surface area contributed by atoms with Gasteiger partial charge in [-0.3, -0.25) is 0 Å². The molecule has 1 N–H and O–H groups in total.